The number of rotatable bonds is 8. The number of anilines is 1. The third kappa shape index (κ3) is 4.61. The number of aliphatic carboxylic acids is 1. The van der Waals surface area contributed by atoms with E-state index in [0.717, 1.165) is 36.1 Å². The number of hydrogen-bond acceptors (Lipinski definition) is 7. The van der Waals surface area contributed by atoms with Gasteiger partial charge in [-0.3, -0.25) is 0 Å². The Morgan fingerprint density at radius 1 is 1.21 bits per heavy atom. The molecule has 0 atom stereocenters. The molecule has 0 aliphatic rings. The first-order valence-corrected chi connectivity index (χ1v) is 8.67. The zero-order valence-electron chi connectivity index (χ0n) is 14.0. The van der Waals surface area contributed by atoms with Crippen LogP contribution < -0.4 is 10.0 Å². The van der Waals surface area contributed by atoms with Crippen molar-refractivity contribution in [2.24, 2.45) is 0 Å². The normalized spacial score (nSPS) is 11.5. The van der Waals surface area contributed by atoms with Crippen molar-refractivity contribution in [1.29, 1.82) is 0 Å². The van der Waals surface area contributed by atoms with Crippen LogP contribution in [0.5, 0.6) is 0 Å². The SMILES string of the molecule is CCc1nnc(S/C(=C/c2ccc(N(CC)CC)cc2)C(=O)[O-])o1. The fourth-order valence-electron chi connectivity index (χ4n) is 2.17. The molecule has 24 heavy (non-hydrogen) atoms. The van der Waals surface area contributed by atoms with Gasteiger partial charge in [-0.05, 0) is 49.4 Å². The number of carbonyl (C=O) groups is 1. The average molecular weight is 346 g/mol. The Morgan fingerprint density at radius 2 is 1.88 bits per heavy atom. The van der Waals surface area contributed by atoms with Crippen LogP contribution in [0.3, 0.4) is 0 Å². The predicted molar refractivity (Wildman–Crippen MR) is 92.5 cm³/mol. The summed E-state index contributed by atoms with van der Waals surface area (Å²) in [5.41, 5.74) is 1.87. The maximum atomic E-state index is 11.4. The van der Waals surface area contributed by atoms with Crippen LogP contribution in [0, 0.1) is 0 Å². The van der Waals surface area contributed by atoms with Crippen molar-refractivity contribution in [1.82, 2.24) is 10.2 Å². The Balaban J connectivity index is 2.19. The second-order valence-corrected chi connectivity index (χ2v) is 5.97. The van der Waals surface area contributed by atoms with E-state index >= 15 is 0 Å². The number of thioether (sulfide) groups is 1. The molecule has 7 heteroatoms. The van der Waals surface area contributed by atoms with E-state index in [-0.39, 0.29) is 10.1 Å². The first kappa shape index (κ1) is 18.1. The Labute approximate surface area is 145 Å². The van der Waals surface area contributed by atoms with Crippen LogP contribution >= 0.6 is 11.8 Å². The van der Waals surface area contributed by atoms with Gasteiger partial charge in [-0.1, -0.05) is 19.1 Å². The summed E-state index contributed by atoms with van der Waals surface area (Å²) in [6, 6.07) is 7.70. The van der Waals surface area contributed by atoms with Crippen molar-refractivity contribution in [3.05, 3.63) is 40.6 Å². The molecule has 1 aromatic carbocycles. The molecule has 0 N–H and O–H groups in total. The van der Waals surface area contributed by atoms with Crippen LogP contribution in [-0.4, -0.2) is 29.3 Å². The van der Waals surface area contributed by atoms with Gasteiger partial charge in [-0.25, -0.2) is 0 Å². The van der Waals surface area contributed by atoms with Gasteiger partial charge in [0.15, 0.2) is 0 Å². The van der Waals surface area contributed by atoms with E-state index in [0.29, 0.717) is 12.3 Å². The molecule has 1 heterocycles. The molecule has 128 valence electrons. The minimum Gasteiger partial charge on any atom is -0.544 e. The second kappa shape index (κ2) is 8.54. The highest BCUT2D eigenvalue weighted by atomic mass is 32.2. The summed E-state index contributed by atoms with van der Waals surface area (Å²) in [5.74, 6) is -0.803. The molecule has 2 aromatic rings. The third-order valence-electron chi connectivity index (χ3n) is 3.47. The number of aromatic nitrogens is 2. The summed E-state index contributed by atoms with van der Waals surface area (Å²) in [5, 5.41) is 19.2. The Hall–Kier alpha value is -2.28. The zero-order chi connectivity index (χ0) is 17.5. The molecular weight excluding hydrogens is 326 g/mol. The molecule has 0 aliphatic carbocycles. The smallest absolute Gasteiger partial charge is 0.281 e. The highest BCUT2D eigenvalue weighted by Gasteiger charge is 2.10. The summed E-state index contributed by atoms with van der Waals surface area (Å²) in [6.45, 7) is 7.91. The van der Waals surface area contributed by atoms with Gasteiger partial charge in [0, 0.05) is 30.1 Å². The molecule has 0 radical (unpaired) electrons. The van der Waals surface area contributed by atoms with E-state index in [9.17, 15) is 9.90 Å². The van der Waals surface area contributed by atoms with Crippen LogP contribution in [0.25, 0.3) is 6.08 Å². The van der Waals surface area contributed by atoms with E-state index in [4.69, 9.17) is 4.42 Å². The van der Waals surface area contributed by atoms with E-state index < -0.39 is 5.97 Å². The Morgan fingerprint density at radius 3 is 2.38 bits per heavy atom. The minimum atomic E-state index is -1.27. The number of carboxylic acid groups (broad SMARTS) is 1. The lowest BCUT2D eigenvalue weighted by molar-refractivity contribution is -0.298. The summed E-state index contributed by atoms with van der Waals surface area (Å²) in [6.07, 6.45) is 2.15. The van der Waals surface area contributed by atoms with E-state index in [2.05, 4.69) is 28.9 Å². The molecule has 0 saturated carbocycles. The zero-order valence-corrected chi connectivity index (χ0v) is 14.8. The lowest BCUT2D eigenvalue weighted by Crippen LogP contribution is -2.23. The third-order valence-corrected chi connectivity index (χ3v) is 4.31. The largest absolute Gasteiger partial charge is 0.544 e. The Bertz CT molecular complexity index is 706. The second-order valence-electron chi connectivity index (χ2n) is 4.98. The predicted octanol–water partition coefficient (Wildman–Crippen LogP) is 2.36. The number of carbonyl (C=O) groups excluding carboxylic acids is 1. The van der Waals surface area contributed by atoms with Crippen LogP contribution in [0.1, 0.15) is 32.2 Å². The van der Waals surface area contributed by atoms with Gasteiger partial charge in [-0.2, -0.15) is 0 Å². The average Bonchev–Trinajstić information content (AvgIpc) is 3.04. The van der Waals surface area contributed by atoms with Gasteiger partial charge in [0.25, 0.3) is 5.22 Å². The fraction of sp³-hybridized carbons (Fsp3) is 0.353. The first-order valence-electron chi connectivity index (χ1n) is 7.85. The van der Waals surface area contributed by atoms with Crippen LogP contribution in [0.2, 0.25) is 0 Å². The number of carboxylic acids is 1. The highest BCUT2D eigenvalue weighted by molar-refractivity contribution is 8.03. The van der Waals surface area contributed by atoms with Gasteiger partial charge in [0.05, 0.1) is 5.97 Å². The summed E-state index contributed by atoms with van der Waals surface area (Å²) >= 11 is 0.896. The molecule has 0 amide bonds. The summed E-state index contributed by atoms with van der Waals surface area (Å²) in [4.78, 5) is 13.6. The van der Waals surface area contributed by atoms with Crippen LogP contribution in [-0.2, 0) is 11.2 Å². The number of aryl methyl sites for hydroxylation is 1. The van der Waals surface area contributed by atoms with E-state index in [1.54, 1.807) is 6.08 Å². The molecule has 2 rings (SSSR count). The maximum absolute atomic E-state index is 11.4. The molecule has 0 unspecified atom stereocenters. The van der Waals surface area contributed by atoms with Crippen molar-refractivity contribution in [2.45, 2.75) is 32.4 Å². The van der Waals surface area contributed by atoms with Crippen LogP contribution in [0.15, 0.2) is 38.8 Å². The first-order chi connectivity index (χ1) is 11.6. The lowest BCUT2D eigenvalue weighted by atomic mass is 10.2. The van der Waals surface area contributed by atoms with Gasteiger partial charge in [0.2, 0.25) is 5.89 Å². The summed E-state index contributed by atoms with van der Waals surface area (Å²) in [7, 11) is 0. The Kier molecular flexibility index (Phi) is 6.43. The fourth-order valence-corrected chi connectivity index (χ4v) is 2.85. The van der Waals surface area contributed by atoms with Gasteiger partial charge in [0.1, 0.15) is 0 Å². The topological polar surface area (TPSA) is 82.3 Å². The molecular formula is C17H20N3O3S-. The molecule has 0 fully saturated rings. The van der Waals surface area contributed by atoms with E-state index in [1.165, 1.54) is 0 Å². The quantitative estimate of drug-likeness (QED) is 0.536. The van der Waals surface area contributed by atoms with Crippen molar-refractivity contribution in [3.8, 4) is 0 Å². The highest BCUT2D eigenvalue weighted by Crippen LogP contribution is 2.27. The van der Waals surface area contributed by atoms with Gasteiger partial charge >= 0.3 is 0 Å². The molecule has 1 aromatic heterocycles. The lowest BCUT2D eigenvalue weighted by Gasteiger charge is -2.20. The summed E-state index contributed by atoms with van der Waals surface area (Å²) < 4.78 is 5.33. The van der Waals surface area contributed by atoms with Crippen molar-refractivity contribution in [3.63, 3.8) is 0 Å². The van der Waals surface area contributed by atoms with Gasteiger partial charge in [-0.15, -0.1) is 10.2 Å². The molecule has 0 aliphatic heterocycles. The van der Waals surface area contributed by atoms with Crippen molar-refractivity contribution >= 4 is 29.5 Å². The maximum Gasteiger partial charge on any atom is 0.281 e. The molecule has 0 saturated heterocycles. The number of benzene rings is 1. The van der Waals surface area contributed by atoms with Crippen molar-refractivity contribution < 1.29 is 14.3 Å². The molecule has 6 nitrogen and oxygen atoms in total. The van der Waals surface area contributed by atoms with E-state index in [1.807, 2.05) is 31.2 Å². The van der Waals surface area contributed by atoms with Gasteiger partial charge < -0.3 is 19.2 Å². The monoisotopic (exact) mass is 346 g/mol. The minimum absolute atomic E-state index is 0.0249. The standard InChI is InChI=1S/C17H21N3O3S/c1-4-15-18-19-17(23-15)24-14(16(21)22)11-12-7-9-13(10-8-12)20(5-2)6-3/h7-11H,4-6H2,1-3H3,(H,21,22)/p-1/b14-11+. The molecule has 0 bridgehead atoms. The molecule has 0 spiro atoms. The number of nitrogens with zero attached hydrogens (tertiary/aromatic N) is 3. The van der Waals surface area contributed by atoms with Crippen LogP contribution in [0.4, 0.5) is 5.69 Å². The number of hydrogen-bond donors (Lipinski definition) is 0. The van der Waals surface area contributed by atoms with Crippen molar-refractivity contribution in [2.75, 3.05) is 18.0 Å².